The molecule has 0 aliphatic carbocycles. The number of rotatable bonds is 5. The molecule has 0 bridgehead atoms. The third kappa shape index (κ3) is 5.15. The van der Waals surface area contributed by atoms with Gasteiger partial charge in [0.1, 0.15) is 0 Å². The van der Waals surface area contributed by atoms with E-state index in [1.807, 2.05) is 37.5 Å². The highest BCUT2D eigenvalue weighted by Gasteiger charge is 2.34. The molecular weight excluding hydrogens is 460 g/mol. The van der Waals surface area contributed by atoms with Crippen LogP contribution in [-0.2, 0) is 10.2 Å². The van der Waals surface area contributed by atoms with E-state index in [2.05, 4.69) is 72.1 Å². The minimum absolute atomic E-state index is 0.0959. The van der Waals surface area contributed by atoms with Crippen molar-refractivity contribution in [1.29, 1.82) is 0 Å². The quantitative estimate of drug-likeness (QED) is 0.433. The Labute approximate surface area is 220 Å². The molecule has 5 rings (SSSR count). The number of nitrogens with one attached hydrogen (secondary N) is 1. The summed E-state index contributed by atoms with van der Waals surface area (Å²) in [7, 11) is 0. The maximum Gasteiger partial charge on any atom is 0.338 e. The number of esters is 1. The lowest BCUT2D eigenvalue weighted by Gasteiger charge is -2.40. The van der Waals surface area contributed by atoms with Gasteiger partial charge in [0.15, 0.2) is 0 Å². The summed E-state index contributed by atoms with van der Waals surface area (Å²) >= 11 is 0. The normalized spacial score (nSPS) is 18.7. The van der Waals surface area contributed by atoms with E-state index in [1.165, 1.54) is 28.1 Å². The predicted octanol–water partition coefficient (Wildman–Crippen LogP) is 6.04. The minimum atomic E-state index is -0.266. The third-order valence-corrected chi connectivity index (χ3v) is 7.79. The average Bonchev–Trinajstić information content (AvgIpc) is 2.88. The number of carbonyl (C=O) groups excluding carboxylic acids is 1. The van der Waals surface area contributed by atoms with Gasteiger partial charge in [-0.2, -0.15) is 0 Å². The van der Waals surface area contributed by atoms with Crippen LogP contribution in [0.25, 0.3) is 0 Å². The van der Waals surface area contributed by atoms with Crippen LogP contribution in [0.15, 0.2) is 54.9 Å². The molecule has 1 N–H and O–H groups in total. The largest absolute Gasteiger partial charge is 0.462 e. The fourth-order valence-corrected chi connectivity index (χ4v) is 5.81. The molecule has 1 atom stereocenters. The molecule has 1 aromatic heterocycles. The number of anilines is 3. The van der Waals surface area contributed by atoms with Gasteiger partial charge in [-0.3, -0.25) is 4.98 Å². The summed E-state index contributed by atoms with van der Waals surface area (Å²) in [5.41, 5.74) is 9.11. The van der Waals surface area contributed by atoms with Gasteiger partial charge >= 0.3 is 5.97 Å². The number of aryl methyl sites for hydroxylation is 2. The molecule has 3 heterocycles. The number of carbonyl (C=O) groups is 1. The number of aromatic nitrogens is 1. The highest BCUT2D eigenvalue weighted by Crippen LogP contribution is 2.44. The van der Waals surface area contributed by atoms with E-state index in [4.69, 9.17) is 4.74 Å². The zero-order chi connectivity index (χ0) is 26.2. The van der Waals surface area contributed by atoms with Crippen molar-refractivity contribution in [3.63, 3.8) is 0 Å². The fraction of sp³-hybridized carbons (Fsp3) is 0.419. The van der Waals surface area contributed by atoms with Crippen LogP contribution in [0.4, 0.5) is 17.1 Å². The summed E-state index contributed by atoms with van der Waals surface area (Å²) in [6.45, 7) is 15.0. The molecule has 194 valence electrons. The van der Waals surface area contributed by atoms with Crippen molar-refractivity contribution in [1.82, 2.24) is 4.98 Å². The van der Waals surface area contributed by atoms with Gasteiger partial charge in [-0.05, 0) is 79.6 Å². The van der Waals surface area contributed by atoms with Crippen molar-refractivity contribution in [2.75, 3.05) is 47.9 Å². The van der Waals surface area contributed by atoms with E-state index in [0.29, 0.717) is 12.2 Å². The van der Waals surface area contributed by atoms with Gasteiger partial charge in [0.05, 0.1) is 30.1 Å². The molecule has 2 aromatic carbocycles. The number of nitrogens with zero attached hydrogens (tertiary/aromatic N) is 3. The Morgan fingerprint density at radius 1 is 1.03 bits per heavy atom. The van der Waals surface area contributed by atoms with Crippen LogP contribution in [0.3, 0.4) is 0 Å². The second-order valence-corrected chi connectivity index (χ2v) is 11.0. The molecule has 1 unspecified atom stereocenters. The highest BCUT2D eigenvalue weighted by atomic mass is 16.5. The molecular formula is C31H38N4O2. The molecule has 2 aliphatic rings. The van der Waals surface area contributed by atoms with E-state index < -0.39 is 0 Å². The Morgan fingerprint density at radius 3 is 2.51 bits per heavy atom. The molecule has 1 fully saturated rings. The van der Waals surface area contributed by atoms with E-state index in [-0.39, 0.29) is 17.4 Å². The van der Waals surface area contributed by atoms with Crippen molar-refractivity contribution in [3.05, 3.63) is 82.7 Å². The first-order chi connectivity index (χ1) is 17.7. The third-order valence-electron chi connectivity index (χ3n) is 7.79. The predicted molar refractivity (Wildman–Crippen MR) is 151 cm³/mol. The number of pyridine rings is 1. The maximum absolute atomic E-state index is 12.3. The molecule has 0 spiro atoms. The first-order valence-corrected chi connectivity index (χ1v) is 13.4. The molecule has 3 aromatic rings. The molecule has 0 radical (unpaired) electrons. The van der Waals surface area contributed by atoms with Crippen LogP contribution in [-0.4, -0.2) is 43.7 Å². The van der Waals surface area contributed by atoms with Crippen LogP contribution in [0.5, 0.6) is 0 Å². The van der Waals surface area contributed by atoms with E-state index >= 15 is 0 Å². The van der Waals surface area contributed by atoms with Crippen molar-refractivity contribution < 1.29 is 9.53 Å². The smallest absolute Gasteiger partial charge is 0.338 e. The number of ether oxygens (including phenoxy) is 1. The lowest BCUT2D eigenvalue weighted by Crippen LogP contribution is -2.46. The van der Waals surface area contributed by atoms with Crippen LogP contribution >= 0.6 is 0 Å². The second kappa shape index (κ2) is 10.1. The number of piperazine rings is 1. The highest BCUT2D eigenvalue weighted by molar-refractivity contribution is 5.90. The van der Waals surface area contributed by atoms with Crippen LogP contribution in [0.2, 0.25) is 0 Å². The van der Waals surface area contributed by atoms with Gasteiger partial charge in [-0.25, -0.2) is 4.79 Å². The zero-order valence-corrected chi connectivity index (χ0v) is 22.7. The Morgan fingerprint density at radius 2 is 1.78 bits per heavy atom. The van der Waals surface area contributed by atoms with Crippen molar-refractivity contribution in [2.24, 2.45) is 0 Å². The van der Waals surface area contributed by atoms with Crippen LogP contribution < -0.4 is 15.1 Å². The van der Waals surface area contributed by atoms with E-state index in [1.54, 1.807) is 0 Å². The maximum atomic E-state index is 12.3. The molecule has 6 heteroatoms. The molecule has 1 saturated heterocycles. The topological polar surface area (TPSA) is 57.7 Å². The summed E-state index contributed by atoms with van der Waals surface area (Å²) in [5, 5.41) is 3.72. The zero-order valence-electron chi connectivity index (χ0n) is 22.7. The standard InChI is InChI=1S/C31H38N4O2/c1-6-37-30(36)23-8-9-27-26(17-23)31(4,5)18-28(33-27)24-16-25(20-32-19-24)34-11-13-35(14-12-34)29-10-7-21(2)15-22(29)3/h7-10,15-17,19-20,28,33H,6,11-14,18H2,1-5H3. The average molecular weight is 499 g/mol. The molecule has 0 amide bonds. The Balaban J connectivity index is 1.31. The van der Waals surface area contributed by atoms with Crippen LogP contribution in [0.1, 0.15) is 65.8 Å². The van der Waals surface area contributed by atoms with E-state index in [9.17, 15) is 4.79 Å². The van der Waals surface area contributed by atoms with Crippen molar-refractivity contribution >= 4 is 23.0 Å². The minimum Gasteiger partial charge on any atom is -0.462 e. The summed E-state index contributed by atoms with van der Waals surface area (Å²) in [6, 6.07) is 15.0. The van der Waals surface area contributed by atoms with E-state index in [0.717, 1.165) is 43.9 Å². The van der Waals surface area contributed by atoms with Gasteiger partial charge < -0.3 is 19.9 Å². The Bertz CT molecular complexity index is 1290. The van der Waals surface area contributed by atoms with Gasteiger partial charge in [0.2, 0.25) is 0 Å². The fourth-order valence-electron chi connectivity index (χ4n) is 5.81. The number of fused-ring (bicyclic) bond motifs is 1. The number of hydrogen-bond acceptors (Lipinski definition) is 6. The molecule has 0 saturated carbocycles. The molecule has 37 heavy (non-hydrogen) atoms. The summed E-state index contributed by atoms with van der Waals surface area (Å²) in [5.74, 6) is -0.266. The van der Waals surface area contributed by atoms with Gasteiger partial charge in [-0.15, -0.1) is 0 Å². The van der Waals surface area contributed by atoms with Crippen molar-refractivity contribution in [2.45, 2.75) is 52.5 Å². The first-order valence-electron chi connectivity index (χ1n) is 13.4. The van der Waals surface area contributed by atoms with Crippen LogP contribution in [0, 0.1) is 13.8 Å². The summed E-state index contributed by atoms with van der Waals surface area (Å²) in [6.07, 6.45) is 4.89. The SMILES string of the molecule is CCOC(=O)c1ccc2c(c1)C(C)(C)CC(c1cncc(N3CCN(c4ccc(C)cc4C)CC3)c1)N2. The monoisotopic (exact) mass is 498 g/mol. The summed E-state index contributed by atoms with van der Waals surface area (Å²) < 4.78 is 5.22. The molecule has 2 aliphatic heterocycles. The van der Waals surface area contributed by atoms with Gasteiger partial charge in [-0.1, -0.05) is 31.5 Å². The Hall–Kier alpha value is -3.54. The first kappa shape index (κ1) is 25.1. The van der Waals surface area contributed by atoms with Gasteiger partial charge in [0.25, 0.3) is 0 Å². The summed E-state index contributed by atoms with van der Waals surface area (Å²) in [4.78, 5) is 21.9. The number of benzene rings is 2. The lowest BCUT2D eigenvalue weighted by molar-refractivity contribution is 0.0526. The number of hydrogen-bond donors (Lipinski definition) is 1. The Kier molecular flexibility index (Phi) is 6.84. The second-order valence-electron chi connectivity index (χ2n) is 11.0. The molecule has 6 nitrogen and oxygen atoms in total. The van der Waals surface area contributed by atoms with Crippen molar-refractivity contribution in [3.8, 4) is 0 Å². The lowest BCUT2D eigenvalue weighted by atomic mass is 9.74. The van der Waals surface area contributed by atoms with Gasteiger partial charge in [0, 0.05) is 43.8 Å².